The number of anilines is 3. The molecule has 3 aromatic heterocycles. The summed E-state index contributed by atoms with van der Waals surface area (Å²) in [4.78, 5) is 31.2. The van der Waals surface area contributed by atoms with Gasteiger partial charge in [-0.2, -0.15) is 0 Å². The van der Waals surface area contributed by atoms with Gasteiger partial charge in [-0.25, -0.2) is 4.98 Å². The average molecular weight is 447 g/mol. The number of hydrogen-bond acceptors (Lipinski definition) is 7. The number of nitrogens with zero attached hydrogens (tertiary/aromatic N) is 5. The normalized spacial score (nSPS) is 17.7. The summed E-state index contributed by atoms with van der Waals surface area (Å²) in [5.74, 6) is 0.591. The van der Waals surface area contributed by atoms with Crippen LogP contribution in [0, 0.1) is 6.92 Å². The molecule has 1 spiro atoms. The highest BCUT2D eigenvalue weighted by molar-refractivity contribution is 5.98. The monoisotopic (exact) mass is 446 g/mol. The van der Waals surface area contributed by atoms with Gasteiger partial charge in [0.2, 0.25) is 0 Å². The molecule has 1 aliphatic carbocycles. The van der Waals surface area contributed by atoms with Gasteiger partial charge in [-0.3, -0.25) is 18.8 Å². The Kier molecular flexibility index (Phi) is 4.49. The highest BCUT2D eigenvalue weighted by Gasteiger charge is 2.46. The second-order valence-corrected chi connectivity index (χ2v) is 9.14. The number of pyridine rings is 2. The number of nitrogens with one attached hydrogen (secondary N) is 3. The fraction of sp³-hybridized carbons (Fsp3) is 0.435. The van der Waals surface area contributed by atoms with E-state index in [1.54, 1.807) is 15.4 Å². The molecule has 0 unspecified atom stereocenters. The van der Waals surface area contributed by atoms with Crippen LogP contribution in [0.15, 0.2) is 29.5 Å². The van der Waals surface area contributed by atoms with Crippen LogP contribution in [-0.4, -0.2) is 37.0 Å². The van der Waals surface area contributed by atoms with Crippen LogP contribution in [0.25, 0.3) is 0 Å². The second kappa shape index (κ2) is 7.43. The highest BCUT2D eigenvalue weighted by atomic mass is 16.2. The van der Waals surface area contributed by atoms with Gasteiger partial charge in [0.25, 0.3) is 11.5 Å². The molecule has 10 heteroatoms. The smallest absolute Gasteiger partial charge is 0.277 e. The summed E-state index contributed by atoms with van der Waals surface area (Å²) in [5.41, 5.74) is 4.02. The molecule has 3 aliphatic rings. The molecule has 2 aliphatic heterocycles. The maximum atomic E-state index is 13.7. The van der Waals surface area contributed by atoms with Crippen molar-refractivity contribution in [3.63, 3.8) is 0 Å². The zero-order valence-electron chi connectivity index (χ0n) is 18.5. The van der Waals surface area contributed by atoms with Crippen LogP contribution in [-0.2, 0) is 18.6 Å². The summed E-state index contributed by atoms with van der Waals surface area (Å²) < 4.78 is 3.50. The maximum Gasteiger partial charge on any atom is 0.277 e. The largest absolute Gasteiger partial charge is 0.368 e. The van der Waals surface area contributed by atoms with Gasteiger partial charge in [0.15, 0.2) is 0 Å². The lowest BCUT2D eigenvalue weighted by molar-refractivity contribution is 0.0876. The highest BCUT2D eigenvalue weighted by Crippen LogP contribution is 2.41. The number of carbonyl (C=O) groups excluding carboxylic acids is 1. The number of rotatable bonds is 4. The van der Waals surface area contributed by atoms with E-state index in [-0.39, 0.29) is 11.5 Å². The minimum Gasteiger partial charge on any atom is -0.368 e. The zero-order chi connectivity index (χ0) is 22.6. The minimum absolute atomic E-state index is 0.117. The van der Waals surface area contributed by atoms with Crippen LogP contribution in [0.2, 0.25) is 0 Å². The van der Waals surface area contributed by atoms with Crippen LogP contribution in [0.5, 0.6) is 0 Å². The van der Waals surface area contributed by atoms with Crippen LogP contribution in [0.4, 0.5) is 17.2 Å². The fourth-order valence-electron chi connectivity index (χ4n) is 5.50. The van der Waals surface area contributed by atoms with Gasteiger partial charge in [0, 0.05) is 37.1 Å². The van der Waals surface area contributed by atoms with Crippen molar-refractivity contribution in [3.05, 3.63) is 57.4 Å². The van der Waals surface area contributed by atoms with E-state index in [0.717, 1.165) is 60.3 Å². The van der Waals surface area contributed by atoms with Crippen LogP contribution < -0.4 is 21.5 Å². The van der Waals surface area contributed by atoms with E-state index >= 15 is 0 Å². The number of fused-ring (bicyclic) bond motifs is 4. The Morgan fingerprint density at radius 2 is 2.06 bits per heavy atom. The molecule has 33 heavy (non-hydrogen) atoms. The summed E-state index contributed by atoms with van der Waals surface area (Å²) in [5, 5.41) is 17.6. The maximum absolute atomic E-state index is 13.7. The molecule has 0 atom stereocenters. The Labute approximate surface area is 190 Å². The second-order valence-electron chi connectivity index (χ2n) is 9.14. The third kappa shape index (κ3) is 3.12. The summed E-state index contributed by atoms with van der Waals surface area (Å²) in [7, 11) is 0. The minimum atomic E-state index is -0.587. The van der Waals surface area contributed by atoms with Crippen molar-refractivity contribution in [2.75, 3.05) is 17.2 Å². The Hall–Kier alpha value is -3.69. The summed E-state index contributed by atoms with van der Waals surface area (Å²) >= 11 is 0. The summed E-state index contributed by atoms with van der Waals surface area (Å²) in [6.45, 7) is 3.27. The van der Waals surface area contributed by atoms with Crippen LogP contribution in [0.1, 0.15) is 59.3 Å². The Morgan fingerprint density at radius 3 is 2.85 bits per heavy atom. The summed E-state index contributed by atoms with van der Waals surface area (Å²) in [6.07, 6.45) is 10.6. The van der Waals surface area contributed by atoms with Crippen molar-refractivity contribution in [1.29, 1.82) is 0 Å². The summed E-state index contributed by atoms with van der Waals surface area (Å²) in [6, 6.07) is 1.94. The lowest BCUT2D eigenvalue weighted by Gasteiger charge is -2.36. The average Bonchev–Trinajstić information content (AvgIpc) is 3.43. The van der Waals surface area contributed by atoms with E-state index in [0.29, 0.717) is 30.9 Å². The molecule has 6 rings (SSSR count). The first-order chi connectivity index (χ1) is 16.1. The Morgan fingerprint density at radius 1 is 1.21 bits per heavy atom. The molecule has 1 amide bonds. The third-order valence-electron chi connectivity index (χ3n) is 7.15. The fourth-order valence-corrected chi connectivity index (χ4v) is 5.50. The molecular formula is C23H26N8O2. The first-order valence-electron chi connectivity index (χ1n) is 11.5. The number of aromatic nitrogens is 5. The van der Waals surface area contributed by atoms with E-state index in [1.165, 1.54) is 0 Å². The van der Waals surface area contributed by atoms with Gasteiger partial charge >= 0.3 is 0 Å². The molecule has 1 fully saturated rings. The van der Waals surface area contributed by atoms with Gasteiger partial charge in [-0.15, -0.1) is 5.10 Å². The third-order valence-corrected chi connectivity index (χ3v) is 7.15. The SMILES string of the molecule is Cc1c2c(c(=O)n3c1C(=O)NC31CCCCC1)Nc1cc(NCCn3ccnn3)ncc1C2. The van der Waals surface area contributed by atoms with Crippen molar-refractivity contribution >= 4 is 23.1 Å². The molecule has 10 nitrogen and oxygen atoms in total. The molecule has 170 valence electrons. The molecule has 3 aromatic rings. The predicted molar refractivity (Wildman–Crippen MR) is 123 cm³/mol. The Balaban J connectivity index is 1.33. The van der Waals surface area contributed by atoms with E-state index in [4.69, 9.17) is 0 Å². The van der Waals surface area contributed by atoms with Gasteiger partial charge in [0.05, 0.1) is 12.7 Å². The van der Waals surface area contributed by atoms with Crippen LogP contribution >= 0.6 is 0 Å². The van der Waals surface area contributed by atoms with Crippen molar-refractivity contribution in [3.8, 4) is 0 Å². The quantitative estimate of drug-likeness (QED) is 0.440. The molecule has 5 heterocycles. The van der Waals surface area contributed by atoms with Crippen molar-refractivity contribution in [2.24, 2.45) is 0 Å². The molecule has 1 saturated carbocycles. The molecule has 0 aromatic carbocycles. The molecular weight excluding hydrogens is 420 g/mol. The number of hydrogen-bond donors (Lipinski definition) is 3. The van der Waals surface area contributed by atoms with Gasteiger partial charge in [-0.1, -0.05) is 11.6 Å². The molecule has 0 radical (unpaired) electrons. The Bertz CT molecular complexity index is 1300. The van der Waals surface area contributed by atoms with Crippen molar-refractivity contribution < 1.29 is 4.79 Å². The number of amides is 1. The van der Waals surface area contributed by atoms with Crippen molar-refractivity contribution in [1.82, 2.24) is 29.9 Å². The van der Waals surface area contributed by atoms with E-state index < -0.39 is 5.66 Å². The molecule has 0 saturated heterocycles. The zero-order valence-corrected chi connectivity index (χ0v) is 18.5. The van der Waals surface area contributed by atoms with Gasteiger partial charge in [0.1, 0.15) is 22.9 Å². The van der Waals surface area contributed by atoms with E-state index in [2.05, 4.69) is 31.2 Å². The van der Waals surface area contributed by atoms with Gasteiger partial charge < -0.3 is 16.0 Å². The first kappa shape index (κ1) is 20.0. The van der Waals surface area contributed by atoms with Crippen LogP contribution in [0.3, 0.4) is 0 Å². The van der Waals surface area contributed by atoms with E-state index in [1.807, 2.05) is 25.4 Å². The topological polar surface area (TPSA) is 119 Å². The number of carbonyl (C=O) groups is 1. The van der Waals surface area contributed by atoms with Gasteiger partial charge in [-0.05, 0) is 49.3 Å². The predicted octanol–water partition coefficient (Wildman–Crippen LogP) is 2.26. The lowest BCUT2D eigenvalue weighted by Crippen LogP contribution is -2.49. The first-order valence-corrected chi connectivity index (χ1v) is 11.5. The lowest BCUT2D eigenvalue weighted by atomic mass is 9.88. The van der Waals surface area contributed by atoms with Crippen molar-refractivity contribution in [2.45, 2.75) is 57.7 Å². The van der Waals surface area contributed by atoms with E-state index in [9.17, 15) is 9.59 Å². The molecule has 3 N–H and O–H groups in total. The molecule has 0 bridgehead atoms. The standard InChI is InChI=1S/C23H26N8O2/c1-14-16-11-15-13-25-18(24-7-9-30-10-8-26-29-30)12-17(15)27-19(16)22(33)31-20(14)21(32)28-23(31)5-3-2-4-6-23/h8,10,12-13,27H,2-7,9,11H2,1H3,(H,24,25)(H,28,32).